The normalized spacial score (nSPS) is 20.8. The third-order valence-corrected chi connectivity index (χ3v) is 3.95. The number of likely N-dealkylation sites (tertiary alicyclic amines) is 1. The fourth-order valence-electron chi connectivity index (χ4n) is 2.85. The van der Waals surface area contributed by atoms with Crippen molar-refractivity contribution in [2.75, 3.05) is 19.7 Å². The SMILES string of the molecule is CC(C)C(C(=O)N1CCC(CO)C1)c1ccccc1. The van der Waals surface area contributed by atoms with Crippen LogP contribution < -0.4 is 0 Å². The van der Waals surface area contributed by atoms with Crippen molar-refractivity contribution in [3.63, 3.8) is 0 Å². The van der Waals surface area contributed by atoms with Crippen LogP contribution in [0.1, 0.15) is 31.7 Å². The first-order valence-electron chi connectivity index (χ1n) is 7.08. The minimum atomic E-state index is -0.0707. The van der Waals surface area contributed by atoms with Gasteiger partial charge in [-0.05, 0) is 17.9 Å². The zero-order chi connectivity index (χ0) is 13.8. The number of benzene rings is 1. The highest BCUT2D eigenvalue weighted by molar-refractivity contribution is 5.84. The highest BCUT2D eigenvalue weighted by atomic mass is 16.3. The molecule has 2 atom stereocenters. The Morgan fingerprint density at radius 2 is 2.05 bits per heavy atom. The smallest absolute Gasteiger partial charge is 0.230 e. The maximum atomic E-state index is 12.7. The van der Waals surface area contributed by atoms with Crippen molar-refractivity contribution < 1.29 is 9.90 Å². The Balaban J connectivity index is 2.14. The van der Waals surface area contributed by atoms with E-state index >= 15 is 0 Å². The Bertz CT molecular complexity index is 416. The van der Waals surface area contributed by atoms with E-state index in [9.17, 15) is 9.90 Å². The minimum absolute atomic E-state index is 0.0707. The molecule has 2 unspecified atom stereocenters. The topological polar surface area (TPSA) is 40.5 Å². The van der Waals surface area contributed by atoms with Crippen LogP contribution in [0.15, 0.2) is 30.3 Å². The molecule has 0 radical (unpaired) electrons. The second-order valence-electron chi connectivity index (χ2n) is 5.75. The monoisotopic (exact) mass is 261 g/mol. The fraction of sp³-hybridized carbons (Fsp3) is 0.562. The Hall–Kier alpha value is -1.35. The average molecular weight is 261 g/mol. The molecule has 3 heteroatoms. The molecule has 0 spiro atoms. The van der Waals surface area contributed by atoms with E-state index < -0.39 is 0 Å². The molecule has 0 saturated carbocycles. The van der Waals surface area contributed by atoms with Gasteiger partial charge in [-0.1, -0.05) is 44.2 Å². The Morgan fingerprint density at radius 3 is 2.58 bits per heavy atom. The van der Waals surface area contributed by atoms with Gasteiger partial charge < -0.3 is 10.0 Å². The highest BCUT2D eigenvalue weighted by Crippen LogP contribution is 2.29. The van der Waals surface area contributed by atoms with Gasteiger partial charge in [0, 0.05) is 25.6 Å². The van der Waals surface area contributed by atoms with Crippen LogP contribution in [0.2, 0.25) is 0 Å². The van der Waals surface area contributed by atoms with E-state index in [1.54, 1.807) is 0 Å². The predicted octanol–water partition coefficient (Wildman–Crippen LogP) is 2.27. The maximum Gasteiger partial charge on any atom is 0.230 e. The summed E-state index contributed by atoms with van der Waals surface area (Å²) in [6.07, 6.45) is 0.918. The van der Waals surface area contributed by atoms with E-state index in [0.717, 1.165) is 18.5 Å². The molecule has 19 heavy (non-hydrogen) atoms. The van der Waals surface area contributed by atoms with Crippen molar-refractivity contribution in [1.29, 1.82) is 0 Å². The van der Waals surface area contributed by atoms with Crippen molar-refractivity contribution in [2.24, 2.45) is 11.8 Å². The quantitative estimate of drug-likeness (QED) is 0.903. The summed E-state index contributed by atoms with van der Waals surface area (Å²) in [5, 5.41) is 9.19. The lowest BCUT2D eigenvalue weighted by Crippen LogP contribution is -2.35. The van der Waals surface area contributed by atoms with Crippen molar-refractivity contribution in [3.8, 4) is 0 Å². The molecule has 1 saturated heterocycles. The van der Waals surface area contributed by atoms with Crippen molar-refractivity contribution >= 4 is 5.91 Å². The van der Waals surface area contributed by atoms with Gasteiger partial charge in [0.15, 0.2) is 0 Å². The fourth-order valence-corrected chi connectivity index (χ4v) is 2.85. The third-order valence-electron chi connectivity index (χ3n) is 3.95. The van der Waals surface area contributed by atoms with Gasteiger partial charge in [-0.15, -0.1) is 0 Å². The summed E-state index contributed by atoms with van der Waals surface area (Å²) in [6, 6.07) is 10.0. The second-order valence-corrected chi connectivity index (χ2v) is 5.75. The van der Waals surface area contributed by atoms with Gasteiger partial charge in [-0.3, -0.25) is 4.79 Å². The van der Waals surface area contributed by atoms with E-state index in [-0.39, 0.29) is 30.3 Å². The molecule has 0 bridgehead atoms. The van der Waals surface area contributed by atoms with Gasteiger partial charge in [-0.25, -0.2) is 0 Å². The van der Waals surface area contributed by atoms with Gasteiger partial charge in [0.2, 0.25) is 5.91 Å². The zero-order valence-corrected chi connectivity index (χ0v) is 11.7. The lowest BCUT2D eigenvalue weighted by molar-refractivity contribution is -0.133. The molecular formula is C16H23NO2. The summed E-state index contributed by atoms with van der Waals surface area (Å²) < 4.78 is 0. The highest BCUT2D eigenvalue weighted by Gasteiger charge is 2.32. The molecule has 3 nitrogen and oxygen atoms in total. The van der Waals surface area contributed by atoms with Crippen molar-refractivity contribution in [2.45, 2.75) is 26.2 Å². The van der Waals surface area contributed by atoms with Gasteiger partial charge in [0.05, 0.1) is 5.92 Å². The van der Waals surface area contributed by atoms with Crippen LogP contribution in [0.5, 0.6) is 0 Å². The molecule has 0 aliphatic carbocycles. The van der Waals surface area contributed by atoms with E-state index in [4.69, 9.17) is 0 Å². The van der Waals surface area contributed by atoms with Crippen LogP contribution in [0.4, 0.5) is 0 Å². The molecule has 1 fully saturated rings. The molecule has 1 N–H and O–H groups in total. The van der Waals surface area contributed by atoms with Crippen LogP contribution >= 0.6 is 0 Å². The van der Waals surface area contributed by atoms with Crippen LogP contribution in [0, 0.1) is 11.8 Å². The number of nitrogens with zero attached hydrogens (tertiary/aromatic N) is 1. The summed E-state index contributed by atoms with van der Waals surface area (Å²) in [6.45, 7) is 5.84. The minimum Gasteiger partial charge on any atom is -0.396 e. The first-order valence-corrected chi connectivity index (χ1v) is 7.08. The number of carbonyl (C=O) groups is 1. The number of aliphatic hydroxyl groups is 1. The molecule has 1 aromatic carbocycles. The molecule has 1 heterocycles. The third kappa shape index (κ3) is 3.16. The first-order chi connectivity index (χ1) is 9.13. The number of rotatable bonds is 4. The van der Waals surface area contributed by atoms with Gasteiger partial charge in [-0.2, -0.15) is 0 Å². The summed E-state index contributed by atoms with van der Waals surface area (Å²) in [7, 11) is 0. The number of amides is 1. The Labute approximate surface area is 115 Å². The number of hydrogen-bond donors (Lipinski definition) is 1. The van der Waals surface area contributed by atoms with E-state index in [2.05, 4.69) is 13.8 Å². The summed E-state index contributed by atoms with van der Waals surface area (Å²) in [5.41, 5.74) is 1.09. The summed E-state index contributed by atoms with van der Waals surface area (Å²) in [5.74, 6) is 0.673. The van der Waals surface area contributed by atoms with E-state index in [0.29, 0.717) is 6.54 Å². The lowest BCUT2D eigenvalue weighted by Gasteiger charge is -2.26. The second kappa shape index (κ2) is 6.20. The van der Waals surface area contributed by atoms with E-state index in [1.807, 2.05) is 35.2 Å². The Kier molecular flexibility index (Phi) is 4.59. The molecule has 1 aromatic rings. The number of hydrogen-bond acceptors (Lipinski definition) is 2. The summed E-state index contributed by atoms with van der Waals surface area (Å²) >= 11 is 0. The van der Waals surface area contributed by atoms with Gasteiger partial charge in [0.25, 0.3) is 0 Å². The molecule has 1 aliphatic heterocycles. The molecule has 104 valence electrons. The molecule has 1 amide bonds. The lowest BCUT2D eigenvalue weighted by atomic mass is 9.87. The zero-order valence-electron chi connectivity index (χ0n) is 11.7. The van der Waals surface area contributed by atoms with Crippen LogP contribution in [-0.4, -0.2) is 35.6 Å². The van der Waals surface area contributed by atoms with Crippen molar-refractivity contribution in [1.82, 2.24) is 4.90 Å². The van der Waals surface area contributed by atoms with Crippen LogP contribution in [-0.2, 0) is 4.79 Å². The van der Waals surface area contributed by atoms with Crippen LogP contribution in [0.25, 0.3) is 0 Å². The van der Waals surface area contributed by atoms with E-state index in [1.165, 1.54) is 0 Å². The van der Waals surface area contributed by atoms with Crippen LogP contribution in [0.3, 0.4) is 0 Å². The predicted molar refractivity (Wildman–Crippen MR) is 75.8 cm³/mol. The molecular weight excluding hydrogens is 238 g/mol. The molecule has 1 aliphatic rings. The maximum absolute atomic E-state index is 12.7. The average Bonchev–Trinajstić information content (AvgIpc) is 2.88. The standard InChI is InChI=1S/C16H23NO2/c1-12(2)15(14-6-4-3-5-7-14)16(19)17-9-8-13(10-17)11-18/h3-7,12-13,15,18H,8-11H2,1-2H3. The molecule has 0 aromatic heterocycles. The molecule has 2 rings (SSSR count). The Morgan fingerprint density at radius 1 is 1.37 bits per heavy atom. The van der Waals surface area contributed by atoms with Crippen molar-refractivity contribution in [3.05, 3.63) is 35.9 Å². The van der Waals surface area contributed by atoms with Gasteiger partial charge >= 0.3 is 0 Å². The van der Waals surface area contributed by atoms with Gasteiger partial charge in [0.1, 0.15) is 0 Å². The number of aliphatic hydroxyl groups excluding tert-OH is 1. The largest absolute Gasteiger partial charge is 0.396 e. The number of carbonyl (C=O) groups excluding carboxylic acids is 1. The summed E-state index contributed by atoms with van der Waals surface area (Å²) in [4.78, 5) is 14.6. The first kappa shape index (κ1) is 14.1.